The molecule has 4 nitrogen and oxygen atoms in total. The molecule has 20 heavy (non-hydrogen) atoms. The lowest BCUT2D eigenvalue weighted by atomic mass is 10.0. The van der Waals surface area contributed by atoms with Gasteiger partial charge in [0.1, 0.15) is 5.78 Å². The number of Topliss-reactive ketones (excluding diaryl/α,β-unsaturated/α-hetero) is 1. The fourth-order valence-corrected chi connectivity index (χ4v) is 2.98. The molecular weight excluding hydrogens is 272 g/mol. The van der Waals surface area contributed by atoms with E-state index in [2.05, 4.69) is 26.6 Å². The van der Waals surface area contributed by atoms with Crippen molar-refractivity contribution in [1.82, 2.24) is 0 Å². The van der Waals surface area contributed by atoms with Crippen LogP contribution in [-0.4, -0.2) is 40.5 Å². The molecule has 0 aliphatic carbocycles. The number of carbonyl (C=O) groups excluding carboxylic acids is 1. The highest BCUT2D eigenvalue weighted by Crippen LogP contribution is 2.20. The van der Waals surface area contributed by atoms with E-state index in [-0.39, 0.29) is 5.92 Å². The van der Waals surface area contributed by atoms with Crippen molar-refractivity contribution in [3.63, 3.8) is 0 Å². The predicted octanol–water partition coefficient (Wildman–Crippen LogP) is 3.14. The molecule has 1 saturated heterocycles. The van der Waals surface area contributed by atoms with Crippen LogP contribution in [0, 0.1) is 5.92 Å². The average molecular weight is 300 g/mol. The Hall–Kier alpha value is -0.653. The van der Waals surface area contributed by atoms with Crippen LogP contribution >= 0.6 is 0 Å². The molecule has 1 unspecified atom stereocenters. The molecule has 0 N–H and O–H groups in total. The number of hydrogen-bond donors (Lipinski definition) is 0. The second kappa shape index (κ2) is 7.95. The molecule has 116 valence electrons. The minimum atomic E-state index is -1.40. The third kappa shape index (κ3) is 6.68. The molecule has 1 atom stereocenters. The first-order chi connectivity index (χ1) is 9.29. The van der Waals surface area contributed by atoms with Crippen molar-refractivity contribution in [2.24, 2.45) is 5.92 Å². The molecule has 2 rings (SSSR count). The van der Waals surface area contributed by atoms with Crippen LogP contribution in [0.4, 0.5) is 0 Å². The lowest BCUT2D eigenvalue weighted by molar-refractivity contribution is -0.129. The molecule has 0 spiro atoms. The topological polar surface area (TPSA) is 44.8 Å². The van der Waals surface area contributed by atoms with Crippen molar-refractivity contribution in [2.75, 3.05) is 26.4 Å². The van der Waals surface area contributed by atoms with E-state index < -0.39 is 8.32 Å². The van der Waals surface area contributed by atoms with Gasteiger partial charge in [-0.3, -0.25) is 4.79 Å². The first-order valence-corrected chi connectivity index (χ1v) is 10.8. The molecule has 0 radical (unpaired) electrons. The minimum absolute atomic E-state index is 0.142. The lowest BCUT2D eigenvalue weighted by Gasteiger charge is -2.26. The number of ketones is 1. The van der Waals surface area contributed by atoms with Gasteiger partial charge in [0.15, 0.2) is 0 Å². The van der Waals surface area contributed by atoms with Crippen LogP contribution in [0.5, 0.6) is 0 Å². The summed E-state index contributed by atoms with van der Waals surface area (Å²) < 4.78 is 16.3. The Bertz CT molecular complexity index is 357. The molecule has 2 heterocycles. The summed E-state index contributed by atoms with van der Waals surface area (Å²) >= 11 is 0. The standard InChI is InChI=1S/C9H18O2Si.C6H10O2/c1-8-7-10-6-5-9(8)11-12(2,3)4;1-5-4-8-3-2-6(5)7/h5-7H2,1-4H3;5H,2-4H2,1H3. The van der Waals surface area contributed by atoms with E-state index in [9.17, 15) is 4.79 Å². The van der Waals surface area contributed by atoms with Gasteiger partial charge < -0.3 is 13.9 Å². The summed E-state index contributed by atoms with van der Waals surface area (Å²) in [6, 6.07) is 0. The maximum Gasteiger partial charge on any atom is 0.241 e. The van der Waals surface area contributed by atoms with Gasteiger partial charge in [0.2, 0.25) is 8.32 Å². The summed E-state index contributed by atoms with van der Waals surface area (Å²) in [5.41, 5.74) is 1.27. The molecule has 0 aromatic carbocycles. The van der Waals surface area contributed by atoms with E-state index >= 15 is 0 Å². The van der Waals surface area contributed by atoms with E-state index in [1.54, 1.807) is 0 Å². The highest BCUT2D eigenvalue weighted by atomic mass is 28.4. The van der Waals surface area contributed by atoms with Crippen LogP contribution in [-0.2, 0) is 18.7 Å². The molecule has 1 fully saturated rings. The summed E-state index contributed by atoms with van der Waals surface area (Å²) in [7, 11) is -1.40. The SMILES string of the molecule is CC1=C(O[Si](C)(C)C)CCOC1.CC1COCCC1=O. The number of ether oxygens (including phenoxy) is 2. The van der Waals surface area contributed by atoms with Crippen molar-refractivity contribution in [2.45, 2.75) is 46.3 Å². The predicted molar refractivity (Wildman–Crippen MR) is 82.2 cm³/mol. The largest absolute Gasteiger partial charge is 0.547 e. The van der Waals surface area contributed by atoms with Crippen LogP contribution < -0.4 is 0 Å². The highest BCUT2D eigenvalue weighted by Gasteiger charge is 2.20. The first-order valence-electron chi connectivity index (χ1n) is 7.35. The summed E-state index contributed by atoms with van der Waals surface area (Å²) in [6.45, 7) is 13.4. The van der Waals surface area contributed by atoms with E-state index in [1.165, 1.54) is 11.3 Å². The molecule has 0 bridgehead atoms. The molecular formula is C15H28O4Si. The van der Waals surface area contributed by atoms with Gasteiger partial charge in [-0.1, -0.05) is 6.92 Å². The number of hydrogen-bond acceptors (Lipinski definition) is 4. The van der Waals surface area contributed by atoms with E-state index in [4.69, 9.17) is 13.9 Å². The molecule has 0 amide bonds. The Labute approximate surface area is 123 Å². The van der Waals surface area contributed by atoms with Gasteiger partial charge in [0.05, 0.1) is 32.2 Å². The monoisotopic (exact) mass is 300 g/mol. The lowest BCUT2D eigenvalue weighted by Crippen LogP contribution is -2.27. The number of rotatable bonds is 2. The normalized spacial score (nSPS) is 24.1. The van der Waals surface area contributed by atoms with Crippen molar-refractivity contribution >= 4 is 14.1 Å². The van der Waals surface area contributed by atoms with E-state index in [1.807, 2.05) is 6.92 Å². The zero-order valence-corrected chi connectivity index (χ0v) is 14.5. The third-order valence-corrected chi connectivity index (χ3v) is 3.97. The van der Waals surface area contributed by atoms with Crippen LogP contribution in [0.3, 0.4) is 0 Å². The fourth-order valence-electron chi connectivity index (χ4n) is 1.96. The molecule has 0 aromatic rings. The maximum absolute atomic E-state index is 10.7. The summed E-state index contributed by atoms with van der Waals surface area (Å²) in [5, 5.41) is 0. The van der Waals surface area contributed by atoms with Crippen LogP contribution in [0.1, 0.15) is 26.7 Å². The Morgan fingerprint density at radius 1 is 1.15 bits per heavy atom. The molecule has 2 aliphatic heterocycles. The second-order valence-corrected chi connectivity index (χ2v) is 10.8. The summed E-state index contributed by atoms with van der Waals surface area (Å²) in [6.07, 6.45) is 1.57. The van der Waals surface area contributed by atoms with Crippen molar-refractivity contribution in [1.29, 1.82) is 0 Å². The van der Waals surface area contributed by atoms with Crippen LogP contribution in [0.25, 0.3) is 0 Å². The average Bonchev–Trinajstić information content (AvgIpc) is 2.35. The summed E-state index contributed by atoms with van der Waals surface area (Å²) in [4.78, 5) is 10.7. The fraction of sp³-hybridized carbons (Fsp3) is 0.800. The number of carbonyl (C=O) groups is 1. The second-order valence-electron chi connectivity index (χ2n) is 6.41. The van der Waals surface area contributed by atoms with Crippen LogP contribution in [0.2, 0.25) is 19.6 Å². The van der Waals surface area contributed by atoms with Gasteiger partial charge in [-0.25, -0.2) is 0 Å². The van der Waals surface area contributed by atoms with E-state index in [0.717, 1.165) is 19.6 Å². The van der Waals surface area contributed by atoms with Gasteiger partial charge in [0, 0.05) is 18.8 Å². The molecule has 0 saturated carbocycles. The van der Waals surface area contributed by atoms with Gasteiger partial charge >= 0.3 is 0 Å². The molecule has 0 aromatic heterocycles. The summed E-state index contributed by atoms with van der Waals surface area (Å²) in [5.74, 6) is 1.67. The first kappa shape index (κ1) is 17.4. The van der Waals surface area contributed by atoms with Crippen molar-refractivity contribution in [3.05, 3.63) is 11.3 Å². The van der Waals surface area contributed by atoms with E-state index in [0.29, 0.717) is 25.4 Å². The minimum Gasteiger partial charge on any atom is -0.547 e. The van der Waals surface area contributed by atoms with Crippen LogP contribution in [0.15, 0.2) is 11.3 Å². The zero-order valence-electron chi connectivity index (χ0n) is 13.5. The smallest absolute Gasteiger partial charge is 0.241 e. The Kier molecular flexibility index (Phi) is 6.92. The molecule has 2 aliphatic rings. The van der Waals surface area contributed by atoms with Gasteiger partial charge in [-0.05, 0) is 32.1 Å². The van der Waals surface area contributed by atoms with Crippen molar-refractivity contribution < 1.29 is 18.7 Å². The molecule has 5 heteroatoms. The van der Waals surface area contributed by atoms with Crippen molar-refractivity contribution in [3.8, 4) is 0 Å². The third-order valence-electron chi connectivity index (χ3n) is 3.11. The Morgan fingerprint density at radius 3 is 2.25 bits per heavy atom. The maximum atomic E-state index is 10.7. The Balaban J connectivity index is 0.000000217. The zero-order chi connectivity index (χ0) is 15.2. The Morgan fingerprint density at radius 2 is 1.80 bits per heavy atom. The van der Waals surface area contributed by atoms with Gasteiger partial charge in [-0.15, -0.1) is 0 Å². The van der Waals surface area contributed by atoms with Gasteiger partial charge in [0.25, 0.3) is 0 Å². The van der Waals surface area contributed by atoms with Gasteiger partial charge in [-0.2, -0.15) is 0 Å². The quantitative estimate of drug-likeness (QED) is 0.735. The highest BCUT2D eigenvalue weighted by molar-refractivity contribution is 6.70.